The molecule has 0 saturated heterocycles. The molecule has 2 rings (SSSR count). The molecule has 0 fully saturated rings. The van der Waals surface area contributed by atoms with Crippen LogP contribution in [0.5, 0.6) is 5.75 Å². The van der Waals surface area contributed by atoms with Crippen LogP contribution < -0.4 is 0 Å². The molecule has 0 heterocycles. The van der Waals surface area contributed by atoms with Crippen molar-refractivity contribution in [2.24, 2.45) is 0 Å². The van der Waals surface area contributed by atoms with E-state index in [1.807, 2.05) is 24.3 Å². The van der Waals surface area contributed by atoms with Gasteiger partial charge >= 0.3 is 0 Å². The molecule has 84 valence electrons. The SMILES string of the molecule is CC(C)(C)c1cc(O)cc2cccc(Br)c12. The maximum Gasteiger partial charge on any atom is 0.116 e. The second-order valence-electron chi connectivity index (χ2n) is 5.08. The fourth-order valence-electron chi connectivity index (χ4n) is 1.96. The number of benzene rings is 2. The molecule has 0 amide bonds. The van der Waals surface area contributed by atoms with Crippen molar-refractivity contribution in [3.8, 4) is 5.75 Å². The molecule has 0 radical (unpaired) electrons. The van der Waals surface area contributed by atoms with Crippen LogP contribution in [0.1, 0.15) is 26.3 Å². The minimum absolute atomic E-state index is 0.0147. The van der Waals surface area contributed by atoms with Gasteiger partial charge in [0, 0.05) is 4.47 Å². The highest BCUT2D eigenvalue weighted by molar-refractivity contribution is 9.10. The molecule has 0 bridgehead atoms. The summed E-state index contributed by atoms with van der Waals surface area (Å²) < 4.78 is 1.08. The molecular formula is C14H15BrO. The van der Waals surface area contributed by atoms with Crippen LogP contribution in [0, 0.1) is 0 Å². The van der Waals surface area contributed by atoms with Crippen LogP contribution in [0.25, 0.3) is 10.8 Å². The summed E-state index contributed by atoms with van der Waals surface area (Å²) in [6.07, 6.45) is 0. The van der Waals surface area contributed by atoms with Crippen molar-refractivity contribution in [2.45, 2.75) is 26.2 Å². The fraction of sp³-hybridized carbons (Fsp3) is 0.286. The number of halogens is 1. The first-order valence-corrected chi connectivity index (χ1v) is 6.10. The number of rotatable bonds is 0. The minimum atomic E-state index is 0.0147. The number of fused-ring (bicyclic) bond motifs is 1. The lowest BCUT2D eigenvalue weighted by atomic mass is 9.83. The summed E-state index contributed by atoms with van der Waals surface area (Å²) >= 11 is 3.58. The molecular weight excluding hydrogens is 264 g/mol. The largest absolute Gasteiger partial charge is 0.508 e. The van der Waals surface area contributed by atoms with Crippen molar-refractivity contribution in [1.29, 1.82) is 0 Å². The van der Waals surface area contributed by atoms with Crippen LogP contribution in [0.4, 0.5) is 0 Å². The third kappa shape index (κ3) is 1.94. The molecule has 2 aromatic carbocycles. The van der Waals surface area contributed by atoms with Crippen LogP contribution >= 0.6 is 15.9 Å². The van der Waals surface area contributed by atoms with E-state index >= 15 is 0 Å². The van der Waals surface area contributed by atoms with Gasteiger partial charge in [0.15, 0.2) is 0 Å². The lowest BCUT2D eigenvalue weighted by Gasteiger charge is -2.22. The summed E-state index contributed by atoms with van der Waals surface area (Å²) in [5.41, 5.74) is 1.18. The predicted octanol–water partition coefficient (Wildman–Crippen LogP) is 4.61. The summed E-state index contributed by atoms with van der Waals surface area (Å²) in [6, 6.07) is 9.70. The molecule has 1 nitrogen and oxygen atoms in total. The molecule has 2 aromatic rings. The quantitative estimate of drug-likeness (QED) is 0.746. The number of hydrogen-bond donors (Lipinski definition) is 1. The Labute approximate surface area is 104 Å². The van der Waals surface area contributed by atoms with Crippen molar-refractivity contribution in [3.63, 3.8) is 0 Å². The standard InChI is InChI=1S/C14H15BrO/c1-14(2,3)11-8-10(16)7-9-5-4-6-12(15)13(9)11/h4-8,16H,1-3H3. The molecule has 1 N–H and O–H groups in total. The molecule has 0 saturated carbocycles. The van der Waals surface area contributed by atoms with E-state index in [0.717, 1.165) is 15.4 Å². The summed E-state index contributed by atoms with van der Waals surface area (Å²) in [5.74, 6) is 0.329. The highest BCUT2D eigenvalue weighted by atomic mass is 79.9. The monoisotopic (exact) mass is 278 g/mol. The fourth-order valence-corrected chi connectivity index (χ4v) is 2.55. The summed E-state index contributed by atoms with van der Waals surface area (Å²) in [6.45, 7) is 6.46. The first kappa shape index (κ1) is 11.5. The smallest absolute Gasteiger partial charge is 0.116 e. The van der Waals surface area contributed by atoms with E-state index in [9.17, 15) is 5.11 Å². The Morgan fingerprint density at radius 2 is 1.81 bits per heavy atom. The molecule has 0 spiro atoms. The molecule has 0 aromatic heterocycles. The van der Waals surface area contributed by atoms with Crippen molar-refractivity contribution in [1.82, 2.24) is 0 Å². The molecule has 16 heavy (non-hydrogen) atoms. The Morgan fingerprint density at radius 3 is 2.44 bits per heavy atom. The Balaban J connectivity index is 2.91. The average molecular weight is 279 g/mol. The third-order valence-corrected chi connectivity index (χ3v) is 3.38. The van der Waals surface area contributed by atoms with Gasteiger partial charge < -0.3 is 5.11 Å². The summed E-state index contributed by atoms with van der Waals surface area (Å²) in [7, 11) is 0. The van der Waals surface area contributed by atoms with Gasteiger partial charge in [-0.3, -0.25) is 0 Å². The van der Waals surface area contributed by atoms with E-state index in [2.05, 4.69) is 36.7 Å². The van der Waals surface area contributed by atoms with Crippen molar-refractivity contribution in [2.75, 3.05) is 0 Å². The zero-order valence-corrected chi connectivity index (χ0v) is 11.3. The van der Waals surface area contributed by atoms with E-state index < -0.39 is 0 Å². The Hall–Kier alpha value is -1.02. The molecule has 0 aliphatic rings. The Kier molecular flexibility index (Phi) is 2.70. The van der Waals surface area contributed by atoms with Crippen LogP contribution in [-0.2, 0) is 5.41 Å². The highest BCUT2D eigenvalue weighted by Gasteiger charge is 2.19. The van der Waals surface area contributed by atoms with E-state index in [1.54, 1.807) is 6.07 Å². The second kappa shape index (κ2) is 3.77. The average Bonchev–Trinajstić information content (AvgIpc) is 2.15. The zero-order valence-electron chi connectivity index (χ0n) is 9.71. The minimum Gasteiger partial charge on any atom is -0.508 e. The van der Waals surface area contributed by atoms with Crippen LogP contribution in [0.2, 0.25) is 0 Å². The van der Waals surface area contributed by atoms with E-state index in [-0.39, 0.29) is 5.41 Å². The normalized spacial score (nSPS) is 12.0. The van der Waals surface area contributed by atoms with Gasteiger partial charge in [0.1, 0.15) is 5.75 Å². The second-order valence-corrected chi connectivity index (χ2v) is 5.94. The van der Waals surface area contributed by atoms with Gasteiger partial charge in [0.05, 0.1) is 0 Å². The van der Waals surface area contributed by atoms with Crippen LogP contribution in [-0.4, -0.2) is 5.11 Å². The Morgan fingerprint density at radius 1 is 1.12 bits per heavy atom. The van der Waals surface area contributed by atoms with Gasteiger partial charge in [0.25, 0.3) is 0 Å². The van der Waals surface area contributed by atoms with E-state index in [4.69, 9.17) is 0 Å². The maximum absolute atomic E-state index is 9.75. The van der Waals surface area contributed by atoms with Gasteiger partial charge in [-0.25, -0.2) is 0 Å². The van der Waals surface area contributed by atoms with Gasteiger partial charge in [0.2, 0.25) is 0 Å². The molecule has 0 unspecified atom stereocenters. The van der Waals surface area contributed by atoms with Crippen molar-refractivity contribution < 1.29 is 5.11 Å². The molecule has 0 atom stereocenters. The lowest BCUT2D eigenvalue weighted by molar-refractivity contribution is 0.472. The first-order chi connectivity index (χ1) is 7.39. The van der Waals surface area contributed by atoms with Gasteiger partial charge in [-0.15, -0.1) is 0 Å². The zero-order chi connectivity index (χ0) is 11.9. The first-order valence-electron chi connectivity index (χ1n) is 5.31. The van der Waals surface area contributed by atoms with Crippen LogP contribution in [0.15, 0.2) is 34.8 Å². The summed E-state index contributed by atoms with van der Waals surface area (Å²) in [5, 5.41) is 12.0. The highest BCUT2D eigenvalue weighted by Crippen LogP contribution is 2.37. The van der Waals surface area contributed by atoms with Crippen LogP contribution in [0.3, 0.4) is 0 Å². The molecule has 0 aliphatic carbocycles. The molecule has 0 aliphatic heterocycles. The predicted molar refractivity (Wildman–Crippen MR) is 72.0 cm³/mol. The van der Waals surface area contributed by atoms with Crippen molar-refractivity contribution in [3.05, 3.63) is 40.4 Å². The van der Waals surface area contributed by atoms with Gasteiger partial charge in [-0.05, 0) is 39.9 Å². The molecule has 2 heteroatoms. The van der Waals surface area contributed by atoms with E-state index in [1.165, 1.54) is 5.39 Å². The number of hydrogen-bond acceptors (Lipinski definition) is 1. The van der Waals surface area contributed by atoms with Gasteiger partial charge in [-0.2, -0.15) is 0 Å². The third-order valence-electron chi connectivity index (χ3n) is 2.72. The summed E-state index contributed by atoms with van der Waals surface area (Å²) in [4.78, 5) is 0. The van der Waals surface area contributed by atoms with Crippen molar-refractivity contribution >= 4 is 26.7 Å². The van der Waals surface area contributed by atoms with Gasteiger partial charge in [-0.1, -0.05) is 48.8 Å². The lowest BCUT2D eigenvalue weighted by Crippen LogP contribution is -2.11. The number of phenols is 1. The maximum atomic E-state index is 9.75. The topological polar surface area (TPSA) is 20.2 Å². The van der Waals surface area contributed by atoms with E-state index in [0.29, 0.717) is 5.75 Å². The number of phenolic OH excluding ortho intramolecular Hbond substituents is 1. The Bertz CT molecular complexity index is 538. The number of aromatic hydroxyl groups is 1.